The van der Waals surface area contributed by atoms with Gasteiger partial charge in [0.05, 0.1) is 11.0 Å². The Morgan fingerprint density at radius 3 is 2.24 bits per heavy atom. The fourth-order valence-corrected chi connectivity index (χ4v) is 2.12. The molecule has 0 amide bonds. The molecule has 0 atom stereocenters. The van der Waals surface area contributed by atoms with Crippen LogP contribution in [0.15, 0.2) is 24.3 Å². The highest BCUT2D eigenvalue weighted by atomic mass is 32.2. The summed E-state index contributed by atoms with van der Waals surface area (Å²) in [6.07, 6.45) is 0.988. The van der Waals surface area contributed by atoms with Crippen molar-refractivity contribution >= 4 is 9.84 Å². The van der Waals surface area contributed by atoms with E-state index in [4.69, 9.17) is 4.74 Å². The van der Waals surface area contributed by atoms with Gasteiger partial charge < -0.3 is 4.74 Å². The topological polar surface area (TPSA) is 43.4 Å². The average molecular weight is 256 g/mol. The van der Waals surface area contributed by atoms with Gasteiger partial charge >= 0.3 is 0 Å². The zero-order chi connectivity index (χ0) is 12.9. The summed E-state index contributed by atoms with van der Waals surface area (Å²) in [6.45, 7) is 5.67. The minimum absolute atomic E-state index is 0.0696. The smallest absolute Gasteiger partial charge is 0.155 e. The molecule has 0 fully saturated rings. The van der Waals surface area contributed by atoms with Crippen molar-refractivity contribution in [3.05, 3.63) is 29.8 Å². The molecule has 1 aromatic rings. The second kappa shape index (κ2) is 6.05. The molecule has 0 saturated heterocycles. The van der Waals surface area contributed by atoms with Gasteiger partial charge in [0.15, 0.2) is 9.84 Å². The van der Waals surface area contributed by atoms with Crippen LogP contribution < -0.4 is 4.74 Å². The Hall–Kier alpha value is -1.03. The Morgan fingerprint density at radius 2 is 1.76 bits per heavy atom. The molecular weight excluding hydrogens is 236 g/mol. The van der Waals surface area contributed by atoms with Crippen LogP contribution in [-0.4, -0.2) is 26.0 Å². The normalized spacial score (nSPS) is 11.8. The first-order valence-corrected chi connectivity index (χ1v) is 7.60. The van der Waals surface area contributed by atoms with Crippen molar-refractivity contribution in [2.75, 3.05) is 12.4 Å². The molecule has 96 valence electrons. The molecule has 0 saturated carbocycles. The van der Waals surface area contributed by atoms with Crippen LogP contribution in [0.1, 0.15) is 26.3 Å². The monoisotopic (exact) mass is 256 g/mol. The van der Waals surface area contributed by atoms with E-state index in [-0.39, 0.29) is 17.6 Å². The lowest BCUT2D eigenvalue weighted by atomic mass is 10.2. The first-order chi connectivity index (χ1) is 7.95. The maximum absolute atomic E-state index is 11.5. The molecule has 0 N–H and O–H groups in total. The highest BCUT2D eigenvalue weighted by Gasteiger charge is 2.15. The van der Waals surface area contributed by atoms with E-state index < -0.39 is 9.84 Å². The van der Waals surface area contributed by atoms with E-state index >= 15 is 0 Å². The lowest BCUT2D eigenvalue weighted by molar-refractivity contribution is 0.340. The van der Waals surface area contributed by atoms with Crippen molar-refractivity contribution in [3.63, 3.8) is 0 Å². The number of ether oxygens (including phenoxy) is 1. The third-order valence-corrected chi connectivity index (χ3v) is 4.86. The lowest BCUT2D eigenvalue weighted by Crippen LogP contribution is -2.21. The van der Waals surface area contributed by atoms with Crippen molar-refractivity contribution in [1.82, 2.24) is 0 Å². The fourth-order valence-electron chi connectivity index (χ4n) is 1.33. The summed E-state index contributed by atoms with van der Waals surface area (Å²) in [7, 11) is -3.01. The molecule has 0 heterocycles. The Kier molecular flexibility index (Phi) is 5.00. The molecule has 3 nitrogen and oxygen atoms in total. The Morgan fingerprint density at radius 1 is 1.18 bits per heavy atom. The minimum atomic E-state index is -3.01. The number of benzene rings is 1. The zero-order valence-electron chi connectivity index (χ0n) is 10.6. The Bertz CT molecular complexity index is 432. The maximum atomic E-state index is 11.5. The quantitative estimate of drug-likeness (QED) is 0.785. The van der Waals surface area contributed by atoms with Crippen LogP contribution in [0.2, 0.25) is 0 Å². The van der Waals surface area contributed by atoms with Crippen LogP contribution in [0.3, 0.4) is 0 Å². The largest absolute Gasteiger partial charge is 0.493 e. The van der Waals surface area contributed by atoms with E-state index in [0.29, 0.717) is 0 Å². The van der Waals surface area contributed by atoms with Gasteiger partial charge in [0.1, 0.15) is 12.4 Å². The minimum Gasteiger partial charge on any atom is -0.493 e. The Labute approximate surface area is 104 Å². The third-order valence-electron chi connectivity index (χ3n) is 2.69. The van der Waals surface area contributed by atoms with E-state index in [1.165, 1.54) is 5.56 Å². The number of sulfone groups is 1. The molecular formula is C13H20O3S. The summed E-state index contributed by atoms with van der Waals surface area (Å²) >= 11 is 0. The number of hydrogen-bond donors (Lipinski definition) is 0. The van der Waals surface area contributed by atoms with Crippen molar-refractivity contribution in [3.8, 4) is 5.75 Å². The van der Waals surface area contributed by atoms with Gasteiger partial charge in [0.2, 0.25) is 0 Å². The van der Waals surface area contributed by atoms with Crippen molar-refractivity contribution in [1.29, 1.82) is 0 Å². The lowest BCUT2D eigenvalue weighted by Gasteiger charge is -2.09. The number of aryl methyl sites for hydroxylation is 1. The second-order valence-corrected chi connectivity index (χ2v) is 6.94. The standard InChI is InChI=1S/C13H20O3S/c1-4-12-5-7-13(8-6-12)16-9-10-17(14,15)11(2)3/h5-8,11H,4,9-10H2,1-3H3. The molecule has 0 aromatic heterocycles. The van der Waals surface area contributed by atoms with Crippen LogP contribution in [-0.2, 0) is 16.3 Å². The van der Waals surface area contributed by atoms with E-state index in [1.54, 1.807) is 13.8 Å². The molecule has 1 rings (SSSR count). The van der Waals surface area contributed by atoms with E-state index in [9.17, 15) is 8.42 Å². The van der Waals surface area contributed by atoms with Crippen LogP contribution in [0.4, 0.5) is 0 Å². The first-order valence-electron chi connectivity index (χ1n) is 5.89. The van der Waals surface area contributed by atoms with E-state index in [1.807, 2.05) is 24.3 Å². The predicted molar refractivity (Wildman–Crippen MR) is 70.2 cm³/mol. The first kappa shape index (κ1) is 14.0. The predicted octanol–water partition coefficient (Wildman–Crippen LogP) is 2.45. The summed E-state index contributed by atoms with van der Waals surface area (Å²) in [5, 5.41) is -0.339. The van der Waals surface area contributed by atoms with Gasteiger partial charge in [-0.1, -0.05) is 19.1 Å². The average Bonchev–Trinajstić information content (AvgIpc) is 2.29. The van der Waals surface area contributed by atoms with E-state index in [0.717, 1.165) is 12.2 Å². The molecule has 0 aliphatic rings. The third kappa shape index (κ3) is 4.38. The molecule has 0 spiro atoms. The molecule has 0 aliphatic carbocycles. The molecule has 17 heavy (non-hydrogen) atoms. The molecule has 0 radical (unpaired) electrons. The van der Waals surface area contributed by atoms with Crippen molar-refractivity contribution in [2.45, 2.75) is 32.4 Å². The van der Waals surface area contributed by atoms with Gasteiger partial charge in [-0.2, -0.15) is 0 Å². The fraction of sp³-hybridized carbons (Fsp3) is 0.538. The van der Waals surface area contributed by atoms with Crippen molar-refractivity contribution < 1.29 is 13.2 Å². The summed E-state index contributed by atoms with van der Waals surface area (Å²) in [4.78, 5) is 0. The van der Waals surface area contributed by atoms with Crippen LogP contribution in [0.5, 0.6) is 5.75 Å². The van der Waals surface area contributed by atoms with Gasteiger partial charge in [-0.05, 0) is 38.0 Å². The summed E-state index contributed by atoms with van der Waals surface area (Å²) in [5.41, 5.74) is 1.24. The van der Waals surface area contributed by atoms with Crippen LogP contribution in [0, 0.1) is 0 Å². The van der Waals surface area contributed by atoms with Crippen LogP contribution in [0.25, 0.3) is 0 Å². The van der Waals surface area contributed by atoms with E-state index in [2.05, 4.69) is 6.92 Å². The summed E-state index contributed by atoms with van der Waals surface area (Å²) < 4.78 is 28.5. The SMILES string of the molecule is CCc1ccc(OCCS(=O)(=O)C(C)C)cc1. The zero-order valence-corrected chi connectivity index (χ0v) is 11.5. The van der Waals surface area contributed by atoms with Gasteiger partial charge in [0.25, 0.3) is 0 Å². The van der Waals surface area contributed by atoms with Gasteiger partial charge in [-0.3, -0.25) is 0 Å². The summed E-state index contributed by atoms with van der Waals surface area (Å²) in [5.74, 6) is 0.793. The maximum Gasteiger partial charge on any atom is 0.155 e. The molecule has 0 aliphatic heterocycles. The molecule has 0 bridgehead atoms. The van der Waals surface area contributed by atoms with Crippen molar-refractivity contribution in [2.24, 2.45) is 0 Å². The van der Waals surface area contributed by atoms with Gasteiger partial charge in [0, 0.05) is 0 Å². The highest BCUT2D eigenvalue weighted by Crippen LogP contribution is 2.12. The molecule has 4 heteroatoms. The highest BCUT2D eigenvalue weighted by molar-refractivity contribution is 7.91. The summed E-state index contributed by atoms with van der Waals surface area (Å²) in [6, 6.07) is 7.74. The number of rotatable bonds is 6. The molecule has 1 aromatic carbocycles. The van der Waals surface area contributed by atoms with Crippen LogP contribution >= 0.6 is 0 Å². The second-order valence-electron chi connectivity index (χ2n) is 4.26. The van der Waals surface area contributed by atoms with Gasteiger partial charge in [-0.15, -0.1) is 0 Å². The molecule has 0 unspecified atom stereocenters. The van der Waals surface area contributed by atoms with Gasteiger partial charge in [-0.25, -0.2) is 8.42 Å². The Balaban J connectivity index is 2.46. The number of hydrogen-bond acceptors (Lipinski definition) is 3.